The summed E-state index contributed by atoms with van der Waals surface area (Å²) in [6.07, 6.45) is 5.45. The number of carbonyl (C=O) groups is 1. The van der Waals surface area contributed by atoms with E-state index in [1.165, 1.54) is 12.4 Å². The van der Waals surface area contributed by atoms with Gasteiger partial charge in [0, 0.05) is 30.5 Å². The van der Waals surface area contributed by atoms with E-state index in [0.717, 1.165) is 47.7 Å². The van der Waals surface area contributed by atoms with E-state index in [1.54, 1.807) is 11.1 Å². The number of hydrogen-bond acceptors (Lipinski definition) is 9. The van der Waals surface area contributed by atoms with Gasteiger partial charge in [0.05, 0.1) is 36.4 Å². The van der Waals surface area contributed by atoms with Crippen molar-refractivity contribution in [2.24, 2.45) is 0 Å². The minimum absolute atomic E-state index is 0.0139. The molecule has 11 nitrogen and oxygen atoms in total. The Bertz CT molecular complexity index is 1380. The number of carbonyl (C=O) groups excluding carboxylic acids is 1. The summed E-state index contributed by atoms with van der Waals surface area (Å²) in [6, 6.07) is 5.79. The number of hydrogen-bond donors (Lipinski definition) is 1. The molecule has 0 aromatic carbocycles. The first kappa shape index (κ1) is 24.5. The van der Waals surface area contributed by atoms with Crippen molar-refractivity contribution in [3.63, 3.8) is 0 Å². The third-order valence-electron chi connectivity index (χ3n) is 6.99. The van der Waals surface area contributed by atoms with Gasteiger partial charge >= 0.3 is 6.03 Å². The average Bonchev–Trinajstić information content (AvgIpc) is 3.46. The van der Waals surface area contributed by atoms with Crippen LogP contribution in [-0.4, -0.2) is 70.2 Å². The lowest BCUT2D eigenvalue weighted by atomic mass is 10.0. The highest BCUT2D eigenvalue weighted by atomic mass is 16.7. The first-order valence-electron chi connectivity index (χ1n) is 12.8. The van der Waals surface area contributed by atoms with Crippen molar-refractivity contribution in [2.45, 2.75) is 52.0 Å². The molecule has 198 valence electrons. The zero-order chi connectivity index (χ0) is 26.4. The van der Waals surface area contributed by atoms with Gasteiger partial charge in [0.25, 0.3) is 0 Å². The minimum Gasteiger partial charge on any atom is -0.474 e. The SMILES string of the molecule is Cc1cc(-c2nc3c(cc2C)N2CC[C@@H](C2)N3C(=O)Nc2cncc(OC[C@H]3COC(C)(C)O3)n2)ccn1. The molecule has 3 aliphatic rings. The number of rotatable bonds is 5. The number of aromatic nitrogens is 4. The smallest absolute Gasteiger partial charge is 0.329 e. The van der Waals surface area contributed by atoms with E-state index >= 15 is 0 Å². The number of pyridine rings is 2. The number of anilines is 3. The molecule has 2 fully saturated rings. The molecule has 2 atom stereocenters. The van der Waals surface area contributed by atoms with Crippen molar-refractivity contribution in [1.82, 2.24) is 19.9 Å². The summed E-state index contributed by atoms with van der Waals surface area (Å²) in [5.74, 6) is 0.619. The highest BCUT2D eigenvalue weighted by molar-refractivity contribution is 6.04. The Hall–Kier alpha value is -3.83. The van der Waals surface area contributed by atoms with Crippen LogP contribution in [0.5, 0.6) is 5.88 Å². The fourth-order valence-electron chi connectivity index (χ4n) is 5.26. The molecule has 2 bridgehead atoms. The quantitative estimate of drug-likeness (QED) is 0.541. The number of urea groups is 1. The largest absolute Gasteiger partial charge is 0.474 e. The van der Waals surface area contributed by atoms with Gasteiger partial charge in [-0.2, -0.15) is 4.98 Å². The van der Waals surface area contributed by atoms with Gasteiger partial charge in [-0.1, -0.05) is 0 Å². The lowest BCUT2D eigenvalue weighted by molar-refractivity contribution is -0.141. The Balaban J connectivity index is 1.23. The maximum atomic E-state index is 13.7. The Labute approximate surface area is 221 Å². The predicted molar refractivity (Wildman–Crippen MR) is 141 cm³/mol. The van der Waals surface area contributed by atoms with Crippen LogP contribution in [0.3, 0.4) is 0 Å². The van der Waals surface area contributed by atoms with Crippen LogP contribution >= 0.6 is 0 Å². The van der Waals surface area contributed by atoms with Crippen LogP contribution in [0.4, 0.5) is 22.1 Å². The van der Waals surface area contributed by atoms with E-state index in [0.29, 0.717) is 24.1 Å². The molecule has 0 spiro atoms. The van der Waals surface area contributed by atoms with Gasteiger partial charge in [-0.05, 0) is 57.9 Å². The Kier molecular flexibility index (Phi) is 6.11. The van der Waals surface area contributed by atoms with Gasteiger partial charge in [0.15, 0.2) is 17.4 Å². The second-order valence-corrected chi connectivity index (χ2v) is 10.4. The molecule has 3 aromatic heterocycles. The topological polar surface area (TPSA) is 115 Å². The molecule has 11 heteroatoms. The third-order valence-corrected chi connectivity index (χ3v) is 6.99. The van der Waals surface area contributed by atoms with E-state index in [-0.39, 0.29) is 24.8 Å². The molecule has 2 amide bonds. The summed E-state index contributed by atoms with van der Waals surface area (Å²) < 4.78 is 17.1. The maximum absolute atomic E-state index is 13.7. The first-order chi connectivity index (χ1) is 18.3. The van der Waals surface area contributed by atoms with Crippen LogP contribution in [-0.2, 0) is 9.47 Å². The van der Waals surface area contributed by atoms with Crippen molar-refractivity contribution in [1.29, 1.82) is 0 Å². The number of fused-ring (bicyclic) bond motifs is 4. The second kappa shape index (κ2) is 9.48. The maximum Gasteiger partial charge on any atom is 0.329 e. The monoisotopic (exact) mass is 517 g/mol. The Morgan fingerprint density at radius 3 is 2.89 bits per heavy atom. The average molecular weight is 518 g/mol. The third kappa shape index (κ3) is 4.74. The van der Waals surface area contributed by atoms with Gasteiger partial charge < -0.3 is 19.1 Å². The predicted octanol–water partition coefficient (Wildman–Crippen LogP) is 3.71. The standard InChI is InChI=1S/C27H31N7O4/c1-16-9-21-25(32-24(16)18-5-7-29-17(2)10-18)34(19-6-8-33(21)13-19)26(35)31-22-11-28-12-23(30-22)36-14-20-15-37-27(3,4)38-20/h5,7,9-12,19-20H,6,8,13-15H2,1-4H3,(H,30,31,35)/t19-,20-/m0/s1. The summed E-state index contributed by atoms with van der Waals surface area (Å²) in [4.78, 5) is 35.7. The summed E-state index contributed by atoms with van der Waals surface area (Å²) >= 11 is 0. The zero-order valence-corrected chi connectivity index (χ0v) is 22.0. The molecule has 0 saturated carbocycles. The normalized spacial score (nSPS) is 21.4. The van der Waals surface area contributed by atoms with Crippen molar-refractivity contribution in [3.05, 3.63) is 48.0 Å². The van der Waals surface area contributed by atoms with Crippen LogP contribution in [0, 0.1) is 13.8 Å². The fourth-order valence-corrected chi connectivity index (χ4v) is 5.26. The molecule has 6 heterocycles. The van der Waals surface area contributed by atoms with Crippen molar-refractivity contribution >= 4 is 23.4 Å². The van der Waals surface area contributed by atoms with Crippen LogP contribution in [0.2, 0.25) is 0 Å². The molecule has 38 heavy (non-hydrogen) atoms. The van der Waals surface area contributed by atoms with Gasteiger partial charge in [-0.15, -0.1) is 0 Å². The molecule has 2 saturated heterocycles. The number of amides is 2. The summed E-state index contributed by atoms with van der Waals surface area (Å²) in [5, 5.41) is 2.91. The van der Waals surface area contributed by atoms with Crippen molar-refractivity contribution in [2.75, 3.05) is 41.4 Å². The van der Waals surface area contributed by atoms with Crippen molar-refractivity contribution < 1.29 is 19.0 Å². The molecular formula is C27H31N7O4. The molecular weight excluding hydrogens is 486 g/mol. The molecule has 0 radical (unpaired) electrons. The Morgan fingerprint density at radius 2 is 2.11 bits per heavy atom. The highest BCUT2D eigenvalue weighted by Gasteiger charge is 2.41. The first-order valence-corrected chi connectivity index (χ1v) is 12.8. The van der Waals surface area contributed by atoms with E-state index in [4.69, 9.17) is 19.2 Å². The minimum atomic E-state index is -0.626. The fraction of sp³-hybridized carbons (Fsp3) is 0.444. The molecule has 1 N–H and O–H groups in total. The lowest BCUT2D eigenvalue weighted by Crippen LogP contribution is -2.48. The number of ether oxygens (including phenoxy) is 3. The number of nitrogens with one attached hydrogen (secondary N) is 1. The van der Waals surface area contributed by atoms with E-state index in [9.17, 15) is 4.79 Å². The molecule has 3 aliphatic heterocycles. The number of nitrogens with zero attached hydrogens (tertiary/aromatic N) is 6. The Morgan fingerprint density at radius 1 is 1.24 bits per heavy atom. The van der Waals surface area contributed by atoms with Crippen LogP contribution in [0.15, 0.2) is 36.8 Å². The van der Waals surface area contributed by atoms with E-state index < -0.39 is 5.79 Å². The highest BCUT2D eigenvalue weighted by Crippen LogP contribution is 2.41. The second-order valence-electron chi connectivity index (χ2n) is 10.4. The zero-order valence-electron chi connectivity index (χ0n) is 22.0. The summed E-state index contributed by atoms with van der Waals surface area (Å²) in [6.45, 7) is 10.1. The van der Waals surface area contributed by atoms with Crippen LogP contribution < -0.4 is 19.9 Å². The van der Waals surface area contributed by atoms with Gasteiger partial charge in [-0.3, -0.25) is 20.2 Å². The molecule has 6 rings (SSSR count). The van der Waals surface area contributed by atoms with E-state index in [1.807, 2.05) is 32.9 Å². The molecule has 3 aromatic rings. The van der Waals surface area contributed by atoms with Gasteiger partial charge in [-0.25, -0.2) is 9.78 Å². The van der Waals surface area contributed by atoms with Crippen LogP contribution in [0.25, 0.3) is 11.3 Å². The molecule has 0 unspecified atom stereocenters. The number of aryl methyl sites for hydroxylation is 2. The van der Waals surface area contributed by atoms with Gasteiger partial charge in [0.1, 0.15) is 12.7 Å². The summed E-state index contributed by atoms with van der Waals surface area (Å²) in [7, 11) is 0. The van der Waals surface area contributed by atoms with Gasteiger partial charge in [0.2, 0.25) is 5.88 Å². The van der Waals surface area contributed by atoms with E-state index in [2.05, 4.69) is 38.2 Å². The summed E-state index contributed by atoms with van der Waals surface area (Å²) in [5.41, 5.74) is 4.74. The van der Waals surface area contributed by atoms with Crippen LogP contribution in [0.1, 0.15) is 31.5 Å². The molecule has 0 aliphatic carbocycles. The lowest BCUT2D eigenvalue weighted by Gasteiger charge is -2.36. The van der Waals surface area contributed by atoms with Crippen molar-refractivity contribution in [3.8, 4) is 17.1 Å².